The molecule has 2 heterocycles. The average molecular weight is 413 g/mol. The second kappa shape index (κ2) is 7.42. The molecule has 2 aliphatic rings. The van der Waals surface area contributed by atoms with Gasteiger partial charge in [-0.1, -0.05) is 23.2 Å². The first kappa shape index (κ1) is 18.2. The van der Waals surface area contributed by atoms with Crippen molar-refractivity contribution < 1.29 is 23.4 Å². The van der Waals surface area contributed by atoms with Crippen LogP contribution in [0, 0.1) is 5.82 Å². The maximum Gasteiger partial charge on any atom is 0.322 e. The summed E-state index contributed by atoms with van der Waals surface area (Å²) in [6, 6.07) is 7.44. The van der Waals surface area contributed by atoms with Crippen LogP contribution in [0.5, 0.6) is 11.5 Å². The molecular formula is C18H15Cl2FN2O4. The van der Waals surface area contributed by atoms with Crippen LogP contribution in [0.4, 0.5) is 14.9 Å². The van der Waals surface area contributed by atoms with E-state index >= 15 is 0 Å². The molecule has 2 aliphatic heterocycles. The van der Waals surface area contributed by atoms with E-state index < -0.39 is 11.9 Å². The number of ether oxygens (including phenoxy) is 3. The predicted octanol–water partition coefficient (Wildman–Crippen LogP) is 4.47. The number of hydrogen-bond acceptors (Lipinski definition) is 4. The average Bonchev–Trinajstić information content (AvgIpc) is 3.12. The number of carbonyl (C=O) groups excluding carboxylic acids is 1. The van der Waals surface area contributed by atoms with E-state index in [0.717, 1.165) is 0 Å². The lowest BCUT2D eigenvalue weighted by Gasteiger charge is -2.33. The molecule has 9 heteroatoms. The number of rotatable bonds is 2. The third-order valence-electron chi connectivity index (χ3n) is 4.36. The Labute approximate surface area is 164 Å². The Morgan fingerprint density at radius 3 is 2.81 bits per heavy atom. The quantitative estimate of drug-likeness (QED) is 0.739. The van der Waals surface area contributed by atoms with Crippen LogP contribution in [0.25, 0.3) is 0 Å². The van der Waals surface area contributed by atoms with Crippen molar-refractivity contribution in [2.45, 2.75) is 6.10 Å². The largest absolute Gasteiger partial charge is 0.454 e. The summed E-state index contributed by atoms with van der Waals surface area (Å²) in [6.45, 7) is 1.11. The highest BCUT2D eigenvalue weighted by molar-refractivity contribution is 6.35. The van der Waals surface area contributed by atoms with Crippen LogP contribution in [0.2, 0.25) is 10.0 Å². The van der Waals surface area contributed by atoms with Crippen LogP contribution in [0.15, 0.2) is 30.3 Å². The Morgan fingerprint density at radius 1 is 1.15 bits per heavy atom. The van der Waals surface area contributed by atoms with Gasteiger partial charge in [0, 0.05) is 28.9 Å². The minimum absolute atomic E-state index is 0.0584. The maximum absolute atomic E-state index is 13.8. The minimum atomic E-state index is -0.582. The van der Waals surface area contributed by atoms with Crippen LogP contribution in [-0.4, -0.2) is 37.4 Å². The summed E-state index contributed by atoms with van der Waals surface area (Å²) in [5, 5.41) is 3.05. The Morgan fingerprint density at radius 2 is 1.96 bits per heavy atom. The van der Waals surface area contributed by atoms with Gasteiger partial charge in [-0.15, -0.1) is 0 Å². The van der Waals surface area contributed by atoms with Gasteiger partial charge in [0.2, 0.25) is 6.79 Å². The zero-order valence-electron chi connectivity index (χ0n) is 14.0. The minimum Gasteiger partial charge on any atom is -0.454 e. The van der Waals surface area contributed by atoms with Crippen molar-refractivity contribution in [1.82, 2.24) is 4.90 Å². The fourth-order valence-electron chi connectivity index (χ4n) is 2.98. The summed E-state index contributed by atoms with van der Waals surface area (Å²) in [4.78, 5) is 14.2. The molecule has 142 valence electrons. The van der Waals surface area contributed by atoms with Gasteiger partial charge < -0.3 is 24.4 Å². The number of hydrogen-bond donors (Lipinski definition) is 1. The number of anilines is 1. The standard InChI is InChI=1S/C18H15Cl2FN2O4/c19-12-7-13(20)14(21)6-11(12)17-8-23(3-4-25-17)18(24)22-10-1-2-15-16(5-10)27-9-26-15/h1-2,5-7,17H,3-4,8-9H2,(H,22,24)/t17-/m0/s1. The highest BCUT2D eigenvalue weighted by atomic mass is 35.5. The fourth-order valence-corrected chi connectivity index (χ4v) is 3.49. The molecule has 1 fully saturated rings. The molecule has 0 aromatic heterocycles. The van der Waals surface area contributed by atoms with E-state index in [9.17, 15) is 9.18 Å². The summed E-state index contributed by atoms with van der Waals surface area (Å²) in [5.41, 5.74) is 1.04. The number of halogens is 3. The number of carbonyl (C=O) groups is 1. The van der Waals surface area contributed by atoms with E-state index in [-0.39, 0.29) is 24.4 Å². The van der Waals surface area contributed by atoms with Crippen molar-refractivity contribution in [2.24, 2.45) is 0 Å². The lowest BCUT2D eigenvalue weighted by Crippen LogP contribution is -2.44. The maximum atomic E-state index is 13.8. The van der Waals surface area contributed by atoms with Crippen LogP contribution in [0.3, 0.4) is 0 Å². The molecule has 0 unspecified atom stereocenters. The van der Waals surface area contributed by atoms with Crippen molar-refractivity contribution in [3.63, 3.8) is 0 Å². The van der Waals surface area contributed by atoms with Gasteiger partial charge in [-0.25, -0.2) is 9.18 Å². The van der Waals surface area contributed by atoms with Crippen molar-refractivity contribution >= 4 is 34.9 Å². The van der Waals surface area contributed by atoms with E-state index in [1.54, 1.807) is 23.1 Å². The molecule has 0 spiro atoms. The van der Waals surface area contributed by atoms with Gasteiger partial charge in [-0.3, -0.25) is 0 Å². The predicted molar refractivity (Wildman–Crippen MR) is 98.3 cm³/mol. The molecule has 4 rings (SSSR count). The summed E-state index contributed by atoms with van der Waals surface area (Å²) in [5.74, 6) is 0.636. The zero-order valence-corrected chi connectivity index (χ0v) is 15.5. The highest BCUT2D eigenvalue weighted by Crippen LogP contribution is 2.35. The Balaban J connectivity index is 1.46. The Hall–Kier alpha value is -2.22. The molecule has 2 aromatic rings. The van der Waals surface area contributed by atoms with Gasteiger partial charge in [0.1, 0.15) is 11.9 Å². The molecule has 27 heavy (non-hydrogen) atoms. The Bertz CT molecular complexity index is 896. The summed E-state index contributed by atoms with van der Waals surface area (Å²) < 4.78 is 30.0. The zero-order chi connectivity index (χ0) is 19.0. The number of morpholine rings is 1. The summed E-state index contributed by atoms with van der Waals surface area (Å²) in [6.07, 6.45) is -0.541. The van der Waals surface area contributed by atoms with Crippen LogP contribution in [0.1, 0.15) is 11.7 Å². The topological polar surface area (TPSA) is 60.0 Å². The van der Waals surface area contributed by atoms with Gasteiger partial charge in [-0.05, 0) is 24.3 Å². The van der Waals surface area contributed by atoms with Crippen LogP contribution >= 0.6 is 23.2 Å². The molecule has 1 atom stereocenters. The number of amides is 2. The molecule has 0 aliphatic carbocycles. The summed E-state index contributed by atoms with van der Waals surface area (Å²) in [7, 11) is 0. The molecule has 2 aromatic carbocycles. The van der Waals surface area contributed by atoms with Gasteiger partial charge in [0.15, 0.2) is 11.5 Å². The first-order chi connectivity index (χ1) is 13.0. The fraction of sp³-hybridized carbons (Fsp3) is 0.278. The van der Waals surface area contributed by atoms with Crippen molar-refractivity contribution in [3.05, 3.63) is 51.8 Å². The second-order valence-electron chi connectivity index (χ2n) is 6.09. The van der Waals surface area contributed by atoms with Crippen molar-refractivity contribution in [3.8, 4) is 11.5 Å². The number of benzene rings is 2. The molecule has 0 bridgehead atoms. The molecule has 0 radical (unpaired) electrons. The molecule has 2 amide bonds. The third-order valence-corrected chi connectivity index (χ3v) is 4.98. The molecular weight excluding hydrogens is 398 g/mol. The molecule has 0 saturated carbocycles. The van der Waals surface area contributed by atoms with E-state index in [2.05, 4.69) is 5.32 Å². The molecule has 1 saturated heterocycles. The second-order valence-corrected chi connectivity index (χ2v) is 6.91. The van der Waals surface area contributed by atoms with Crippen LogP contribution in [-0.2, 0) is 4.74 Å². The van der Waals surface area contributed by atoms with Crippen LogP contribution < -0.4 is 14.8 Å². The molecule has 6 nitrogen and oxygen atoms in total. The lowest BCUT2D eigenvalue weighted by molar-refractivity contribution is -0.0135. The third kappa shape index (κ3) is 3.76. The SMILES string of the molecule is O=C(Nc1ccc2c(c1)OCO2)N1CCO[C@H](c2cc(F)c(Cl)cc2Cl)C1. The monoisotopic (exact) mass is 412 g/mol. The Kier molecular flexibility index (Phi) is 4.99. The normalized spacial score (nSPS) is 18.5. The number of urea groups is 1. The number of nitrogens with one attached hydrogen (secondary N) is 1. The molecule has 1 N–H and O–H groups in total. The van der Waals surface area contributed by atoms with Gasteiger partial charge >= 0.3 is 6.03 Å². The van der Waals surface area contributed by atoms with E-state index in [0.29, 0.717) is 40.9 Å². The van der Waals surface area contributed by atoms with E-state index in [4.69, 9.17) is 37.4 Å². The van der Waals surface area contributed by atoms with Gasteiger partial charge in [0.05, 0.1) is 18.2 Å². The van der Waals surface area contributed by atoms with Gasteiger partial charge in [0.25, 0.3) is 0 Å². The first-order valence-electron chi connectivity index (χ1n) is 8.23. The van der Waals surface area contributed by atoms with E-state index in [1.165, 1.54) is 12.1 Å². The van der Waals surface area contributed by atoms with Crippen molar-refractivity contribution in [1.29, 1.82) is 0 Å². The summed E-state index contributed by atoms with van der Waals surface area (Å²) >= 11 is 11.9. The number of fused-ring (bicyclic) bond motifs is 1. The first-order valence-corrected chi connectivity index (χ1v) is 8.98. The number of nitrogens with zero attached hydrogens (tertiary/aromatic N) is 1. The lowest BCUT2D eigenvalue weighted by atomic mass is 10.1. The van der Waals surface area contributed by atoms with Gasteiger partial charge in [-0.2, -0.15) is 0 Å². The highest BCUT2D eigenvalue weighted by Gasteiger charge is 2.28. The van der Waals surface area contributed by atoms with Crippen molar-refractivity contribution in [2.75, 3.05) is 31.8 Å². The smallest absolute Gasteiger partial charge is 0.322 e. The van der Waals surface area contributed by atoms with E-state index in [1.807, 2.05) is 0 Å².